The molecule has 0 unspecified atom stereocenters. The van der Waals surface area contributed by atoms with Gasteiger partial charge in [0.1, 0.15) is 0 Å². The molecule has 108 valence electrons. The van der Waals surface area contributed by atoms with Gasteiger partial charge in [-0.15, -0.1) is 0 Å². The summed E-state index contributed by atoms with van der Waals surface area (Å²) in [5.74, 6) is -1.81. The Morgan fingerprint density at radius 1 is 1.20 bits per heavy atom. The van der Waals surface area contributed by atoms with Crippen molar-refractivity contribution >= 4 is 23.4 Å². The quantitative estimate of drug-likeness (QED) is 0.709. The van der Waals surface area contributed by atoms with E-state index in [1.54, 1.807) is 19.1 Å². The van der Waals surface area contributed by atoms with Crippen LogP contribution in [0.1, 0.15) is 29.8 Å². The highest BCUT2D eigenvalue weighted by atomic mass is 16.2. The maximum atomic E-state index is 11.7. The average Bonchev–Trinajstić information content (AvgIpc) is 2.37. The molecule has 0 saturated carbocycles. The predicted molar refractivity (Wildman–Crippen MR) is 76.2 cm³/mol. The smallest absolute Gasteiger partial charge is 0.313 e. The Hall–Kier alpha value is -2.37. The lowest BCUT2D eigenvalue weighted by Gasteiger charge is -2.10. The summed E-state index contributed by atoms with van der Waals surface area (Å²) in [6.07, 6.45) is 0. The number of carbonyl (C=O) groups excluding carboxylic acids is 3. The van der Waals surface area contributed by atoms with Crippen molar-refractivity contribution in [1.29, 1.82) is 0 Å². The minimum absolute atomic E-state index is 0.256. The lowest BCUT2D eigenvalue weighted by atomic mass is 10.1. The van der Waals surface area contributed by atoms with E-state index in [1.807, 2.05) is 13.8 Å². The SMILES string of the molecule is Cc1ccc(C(N)=O)cc1NC(=O)C(=O)NCC(C)C. The van der Waals surface area contributed by atoms with Gasteiger partial charge in [-0.2, -0.15) is 0 Å². The highest BCUT2D eigenvalue weighted by molar-refractivity contribution is 6.39. The van der Waals surface area contributed by atoms with Crippen LogP contribution in [0.5, 0.6) is 0 Å². The van der Waals surface area contributed by atoms with Crippen LogP contribution in [-0.2, 0) is 9.59 Å². The first-order chi connectivity index (χ1) is 9.31. The van der Waals surface area contributed by atoms with Gasteiger partial charge in [-0.1, -0.05) is 19.9 Å². The summed E-state index contributed by atoms with van der Waals surface area (Å²) >= 11 is 0. The molecule has 1 rings (SSSR count). The van der Waals surface area contributed by atoms with Gasteiger partial charge in [0.2, 0.25) is 5.91 Å². The minimum atomic E-state index is -0.768. The number of carbonyl (C=O) groups is 3. The van der Waals surface area contributed by atoms with E-state index in [2.05, 4.69) is 10.6 Å². The van der Waals surface area contributed by atoms with E-state index in [-0.39, 0.29) is 11.5 Å². The number of primary amides is 1. The molecule has 6 nitrogen and oxygen atoms in total. The number of hydrogen-bond acceptors (Lipinski definition) is 3. The first-order valence-corrected chi connectivity index (χ1v) is 6.31. The van der Waals surface area contributed by atoms with Gasteiger partial charge in [0, 0.05) is 17.8 Å². The van der Waals surface area contributed by atoms with Crippen LogP contribution in [0, 0.1) is 12.8 Å². The summed E-state index contributed by atoms with van der Waals surface area (Å²) in [4.78, 5) is 34.4. The molecule has 1 aromatic rings. The Bertz CT molecular complexity index is 538. The molecular weight excluding hydrogens is 258 g/mol. The van der Waals surface area contributed by atoms with Crippen molar-refractivity contribution < 1.29 is 14.4 Å². The Kier molecular flexibility index (Phi) is 5.25. The molecule has 0 bridgehead atoms. The summed E-state index contributed by atoms with van der Waals surface area (Å²) in [6, 6.07) is 4.67. The van der Waals surface area contributed by atoms with Gasteiger partial charge in [-0.05, 0) is 30.5 Å². The highest BCUT2D eigenvalue weighted by Crippen LogP contribution is 2.16. The summed E-state index contributed by atoms with van der Waals surface area (Å²) in [5.41, 5.74) is 6.58. The summed E-state index contributed by atoms with van der Waals surface area (Å²) in [5, 5.41) is 4.99. The second-order valence-electron chi connectivity index (χ2n) is 4.95. The molecule has 0 aliphatic rings. The number of amides is 3. The van der Waals surface area contributed by atoms with Crippen LogP contribution in [0.4, 0.5) is 5.69 Å². The highest BCUT2D eigenvalue weighted by Gasteiger charge is 2.15. The van der Waals surface area contributed by atoms with Gasteiger partial charge < -0.3 is 16.4 Å². The third-order valence-electron chi connectivity index (χ3n) is 2.65. The number of nitrogens with two attached hydrogens (primary N) is 1. The molecule has 0 fully saturated rings. The zero-order valence-electron chi connectivity index (χ0n) is 11.8. The van der Waals surface area contributed by atoms with Crippen LogP contribution in [0.25, 0.3) is 0 Å². The Labute approximate surface area is 117 Å². The average molecular weight is 277 g/mol. The van der Waals surface area contributed by atoms with Gasteiger partial charge in [-0.3, -0.25) is 14.4 Å². The summed E-state index contributed by atoms with van der Waals surface area (Å²) in [6.45, 7) is 6.04. The van der Waals surface area contributed by atoms with Crippen LogP contribution in [0.2, 0.25) is 0 Å². The number of aryl methyl sites for hydroxylation is 1. The van der Waals surface area contributed by atoms with Gasteiger partial charge in [0.05, 0.1) is 0 Å². The largest absolute Gasteiger partial charge is 0.366 e. The van der Waals surface area contributed by atoms with E-state index in [1.165, 1.54) is 6.07 Å². The molecule has 0 saturated heterocycles. The van der Waals surface area contributed by atoms with Crippen LogP contribution in [0.3, 0.4) is 0 Å². The fraction of sp³-hybridized carbons (Fsp3) is 0.357. The monoisotopic (exact) mass is 277 g/mol. The lowest BCUT2D eigenvalue weighted by molar-refractivity contribution is -0.136. The normalized spacial score (nSPS) is 10.2. The van der Waals surface area contributed by atoms with Crippen molar-refractivity contribution in [2.75, 3.05) is 11.9 Å². The summed E-state index contributed by atoms with van der Waals surface area (Å²) < 4.78 is 0. The fourth-order valence-corrected chi connectivity index (χ4v) is 1.47. The molecule has 3 amide bonds. The van der Waals surface area contributed by atoms with E-state index in [9.17, 15) is 14.4 Å². The molecule has 1 aromatic carbocycles. The first-order valence-electron chi connectivity index (χ1n) is 6.31. The number of hydrogen-bond donors (Lipinski definition) is 3. The van der Waals surface area contributed by atoms with Crippen molar-refractivity contribution in [2.24, 2.45) is 11.7 Å². The topological polar surface area (TPSA) is 101 Å². The third-order valence-corrected chi connectivity index (χ3v) is 2.65. The van der Waals surface area contributed by atoms with Crippen molar-refractivity contribution in [2.45, 2.75) is 20.8 Å². The number of rotatable bonds is 4. The van der Waals surface area contributed by atoms with E-state index in [0.717, 1.165) is 5.56 Å². The number of benzene rings is 1. The zero-order valence-corrected chi connectivity index (χ0v) is 11.8. The van der Waals surface area contributed by atoms with Crippen LogP contribution < -0.4 is 16.4 Å². The predicted octanol–water partition coefficient (Wildman–Crippen LogP) is 0.805. The maximum absolute atomic E-state index is 11.7. The summed E-state index contributed by atoms with van der Waals surface area (Å²) in [7, 11) is 0. The molecule has 6 heteroatoms. The fourth-order valence-electron chi connectivity index (χ4n) is 1.47. The Morgan fingerprint density at radius 2 is 1.85 bits per heavy atom. The second kappa shape index (κ2) is 6.70. The van der Waals surface area contributed by atoms with Gasteiger partial charge >= 0.3 is 11.8 Å². The van der Waals surface area contributed by atoms with Crippen LogP contribution in [0.15, 0.2) is 18.2 Å². The van der Waals surface area contributed by atoms with Crippen molar-refractivity contribution in [1.82, 2.24) is 5.32 Å². The molecule has 0 aromatic heterocycles. The zero-order chi connectivity index (χ0) is 15.3. The number of nitrogens with one attached hydrogen (secondary N) is 2. The van der Waals surface area contributed by atoms with Crippen molar-refractivity contribution in [3.63, 3.8) is 0 Å². The first kappa shape index (κ1) is 15.7. The van der Waals surface area contributed by atoms with Gasteiger partial charge in [0.25, 0.3) is 0 Å². The molecule has 0 heterocycles. The van der Waals surface area contributed by atoms with E-state index in [4.69, 9.17) is 5.73 Å². The molecule has 0 spiro atoms. The molecule has 0 radical (unpaired) electrons. The van der Waals surface area contributed by atoms with Crippen molar-refractivity contribution in [3.8, 4) is 0 Å². The van der Waals surface area contributed by atoms with E-state index >= 15 is 0 Å². The van der Waals surface area contributed by atoms with Crippen LogP contribution in [-0.4, -0.2) is 24.3 Å². The minimum Gasteiger partial charge on any atom is -0.366 e. The number of anilines is 1. The molecule has 4 N–H and O–H groups in total. The Morgan fingerprint density at radius 3 is 2.40 bits per heavy atom. The standard InChI is InChI=1S/C14H19N3O3/c1-8(2)7-16-13(19)14(20)17-11-6-10(12(15)18)5-4-9(11)3/h4-6,8H,7H2,1-3H3,(H2,15,18)(H,16,19)(H,17,20). The second-order valence-corrected chi connectivity index (χ2v) is 4.95. The van der Waals surface area contributed by atoms with Crippen LogP contribution >= 0.6 is 0 Å². The lowest BCUT2D eigenvalue weighted by Crippen LogP contribution is -2.37. The molecule has 0 aliphatic heterocycles. The Balaban J connectivity index is 2.77. The molecular formula is C14H19N3O3. The maximum Gasteiger partial charge on any atom is 0.313 e. The third kappa shape index (κ3) is 4.38. The van der Waals surface area contributed by atoms with E-state index < -0.39 is 17.7 Å². The van der Waals surface area contributed by atoms with Gasteiger partial charge in [0.15, 0.2) is 0 Å². The molecule has 0 aliphatic carbocycles. The molecule has 20 heavy (non-hydrogen) atoms. The van der Waals surface area contributed by atoms with Crippen molar-refractivity contribution in [3.05, 3.63) is 29.3 Å². The molecule has 0 atom stereocenters. The van der Waals surface area contributed by atoms with E-state index in [0.29, 0.717) is 12.2 Å². The van der Waals surface area contributed by atoms with Gasteiger partial charge in [-0.25, -0.2) is 0 Å².